The van der Waals surface area contributed by atoms with E-state index < -0.39 is 12.0 Å². The van der Waals surface area contributed by atoms with E-state index in [0.717, 1.165) is 29.1 Å². The maximum atomic E-state index is 13.7. The van der Waals surface area contributed by atoms with Crippen LogP contribution in [0.15, 0.2) is 51.5 Å². The number of carbonyl (C=O) groups excluding carboxylic acids is 1. The highest BCUT2D eigenvalue weighted by atomic mass is 32.1. The summed E-state index contributed by atoms with van der Waals surface area (Å²) in [7, 11) is 3.93. The molecular formula is C25H29N5O3S. The molecule has 34 heavy (non-hydrogen) atoms. The number of esters is 1. The molecule has 0 aliphatic carbocycles. The lowest BCUT2D eigenvalue weighted by Gasteiger charge is -2.25. The minimum Gasteiger partial charge on any atom is -0.463 e. The van der Waals surface area contributed by atoms with Crippen molar-refractivity contribution in [1.29, 1.82) is 0 Å². The van der Waals surface area contributed by atoms with Gasteiger partial charge in [-0.3, -0.25) is 14.0 Å². The van der Waals surface area contributed by atoms with Crippen molar-refractivity contribution in [2.45, 2.75) is 40.3 Å². The summed E-state index contributed by atoms with van der Waals surface area (Å²) in [5.74, 6) is -0.459. The van der Waals surface area contributed by atoms with Gasteiger partial charge in [0.1, 0.15) is 0 Å². The highest BCUT2D eigenvalue weighted by Crippen LogP contribution is 2.31. The molecule has 9 heteroatoms. The molecular weight excluding hydrogens is 450 g/mol. The SMILES string of the molecule is CCOC(=O)C1=C(C)N=c2s/c(=C\c3cn(CC)nc3C)c(=O)n2C1c1ccc(N(C)C)cc1. The van der Waals surface area contributed by atoms with Gasteiger partial charge in [-0.25, -0.2) is 9.79 Å². The largest absolute Gasteiger partial charge is 0.463 e. The van der Waals surface area contributed by atoms with Gasteiger partial charge in [-0.05, 0) is 51.5 Å². The van der Waals surface area contributed by atoms with Gasteiger partial charge in [-0.1, -0.05) is 23.5 Å². The van der Waals surface area contributed by atoms with E-state index in [1.807, 2.05) is 74.1 Å². The summed E-state index contributed by atoms with van der Waals surface area (Å²) < 4.78 is 9.36. The molecule has 1 aromatic carbocycles. The van der Waals surface area contributed by atoms with Crippen molar-refractivity contribution in [3.8, 4) is 0 Å². The molecule has 0 saturated heterocycles. The first-order valence-corrected chi connectivity index (χ1v) is 12.1. The average Bonchev–Trinajstić information content (AvgIpc) is 3.32. The second-order valence-corrected chi connectivity index (χ2v) is 9.32. The number of rotatable bonds is 6. The van der Waals surface area contributed by atoms with Crippen molar-refractivity contribution in [2.75, 3.05) is 25.6 Å². The summed E-state index contributed by atoms with van der Waals surface area (Å²) in [6.45, 7) is 8.50. The van der Waals surface area contributed by atoms with Crippen molar-refractivity contribution in [3.05, 3.63) is 78.2 Å². The zero-order valence-electron chi connectivity index (χ0n) is 20.3. The molecule has 0 bridgehead atoms. The molecule has 1 aliphatic rings. The van der Waals surface area contributed by atoms with Gasteiger partial charge < -0.3 is 9.64 Å². The third-order valence-electron chi connectivity index (χ3n) is 5.84. The molecule has 0 radical (unpaired) electrons. The van der Waals surface area contributed by atoms with Crippen molar-refractivity contribution in [1.82, 2.24) is 14.3 Å². The first-order valence-electron chi connectivity index (χ1n) is 11.3. The van der Waals surface area contributed by atoms with E-state index in [2.05, 4.69) is 10.1 Å². The van der Waals surface area contributed by atoms with Crippen LogP contribution in [0.3, 0.4) is 0 Å². The first-order chi connectivity index (χ1) is 16.2. The molecule has 0 N–H and O–H groups in total. The van der Waals surface area contributed by atoms with Crippen LogP contribution in [-0.2, 0) is 16.1 Å². The molecule has 0 spiro atoms. The Morgan fingerprint density at radius 1 is 1.21 bits per heavy atom. The Kier molecular flexibility index (Phi) is 6.56. The Morgan fingerprint density at radius 2 is 1.91 bits per heavy atom. The van der Waals surface area contributed by atoms with E-state index in [4.69, 9.17) is 4.74 Å². The predicted octanol–water partition coefficient (Wildman–Crippen LogP) is 2.39. The second-order valence-electron chi connectivity index (χ2n) is 8.31. The Labute approximate surface area is 202 Å². The van der Waals surface area contributed by atoms with E-state index in [9.17, 15) is 9.59 Å². The summed E-state index contributed by atoms with van der Waals surface area (Å²) in [4.78, 5) is 33.8. The fourth-order valence-corrected chi connectivity index (χ4v) is 5.08. The lowest BCUT2D eigenvalue weighted by atomic mass is 9.95. The molecule has 0 saturated carbocycles. The van der Waals surface area contributed by atoms with Crippen molar-refractivity contribution < 1.29 is 9.53 Å². The van der Waals surface area contributed by atoms with Crippen molar-refractivity contribution in [2.24, 2.45) is 4.99 Å². The number of nitrogens with zero attached hydrogens (tertiary/aromatic N) is 5. The van der Waals surface area contributed by atoms with E-state index in [1.54, 1.807) is 18.4 Å². The number of benzene rings is 1. The fourth-order valence-electron chi connectivity index (χ4n) is 4.04. The maximum absolute atomic E-state index is 13.7. The highest BCUT2D eigenvalue weighted by Gasteiger charge is 2.33. The summed E-state index contributed by atoms with van der Waals surface area (Å²) in [5, 5.41) is 4.47. The van der Waals surface area contributed by atoms with Gasteiger partial charge >= 0.3 is 5.97 Å². The summed E-state index contributed by atoms with van der Waals surface area (Å²) in [6.07, 6.45) is 3.79. The van der Waals surface area contributed by atoms with Crippen LogP contribution in [-0.4, -0.2) is 41.0 Å². The molecule has 1 atom stereocenters. The van der Waals surface area contributed by atoms with E-state index in [-0.39, 0.29) is 12.2 Å². The maximum Gasteiger partial charge on any atom is 0.338 e. The summed E-state index contributed by atoms with van der Waals surface area (Å²) in [5.41, 5.74) is 4.34. The van der Waals surface area contributed by atoms with Crippen LogP contribution in [0.2, 0.25) is 0 Å². The van der Waals surface area contributed by atoms with Crippen LogP contribution in [0.5, 0.6) is 0 Å². The Bertz CT molecular complexity index is 1440. The van der Waals surface area contributed by atoms with Gasteiger partial charge in [0, 0.05) is 38.1 Å². The molecule has 178 valence electrons. The predicted molar refractivity (Wildman–Crippen MR) is 134 cm³/mol. The number of allylic oxidation sites excluding steroid dienone is 1. The molecule has 3 aromatic rings. The van der Waals surface area contributed by atoms with Crippen LogP contribution in [0.25, 0.3) is 6.08 Å². The number of hydrogen-bond donors (Lipinski definition) is 0. The standard InChI is InChI=1S/C25H29N5O3S/c1-7-29-14-18(15(3)27-29)13-20-23(31)30-22(17-9-11-19(12-10-17)28(5)6)21(24(32)33-8-2)16(4)26-25(30)34-20/h9-14,22H,7-8H2,1-6H3/b20-13-. The smallest absolute Gasteiger partial charge is 0.338 e. The van der Waals surface area contributed by atoms with Gasteiger partial charge in [0.2, 0.25) is 0 Å². The molecule has 1 unspecified atom stereocenters. The highest BCUT2D eigenvalue weighted by molar-refractivity contribution is 7.07. The lowest BCUT2D eigenvalue weighted by Crippen LogP contribution is -2.40. The quantitative estimate of drug-likeness (QED) is 0.507. The minimum atomic E-state index is -0.617. The second kappa shape index (κ2) is 9.42. The van der Waals surface area contributed by atoms with Crippen molar-refractivity contribution >= 4 is 29.1 Å². The topological polar surface area (TPSA) is 81.7 Å². The van der Waals surface area contributed by atoms with E-state index in [0.29, 0.717) is 20.6 Å². The van der Waals surface area contributed by atoms with Gasteiger partial charge in [0.25, 0.3) is 5.56 Å². The third kappa shape index (κ3) is 4.23. The van der Waals surface area contributed by atoms with Crippen LogP contribution < -0.4 is 19.8 Å². The summed E-state index contributed by atoms with van der Waals surface area (Å²) in [6, 6.07) is 7.24. The third-order valence-corrected chi connectivity index (χ3v) is 6.82. The van der Waals surface area contributed by atoms with Crippen LogP contribution >= 0.6 is 11.3 Å². The first kappa shape index (κ1) is 23.7. The molecule has 3 heterocycles. The molecule has 4 rings (SSSR count). The van der Waals surface area contributed by atoms with Crippen LogP contribution in [0, 0.1) is 6.92 Å². The molecule has 2 aromatic heterocycles. The zero-order valence-corrected chi connectivity index (χ0v) is 21.1. The summed E-state index contributed by atoms with van der Waals surface area (Å²) >= 11 is 1.32. The van der Waals surface area contributed by atoms with Crippen LogP contribution in [0.4, 0.5) is 5.69 Å². The Morgan fingerprint density at radius 3 is 2.50 bits per heavy atom. The number of anilines is 1. The number of carbonyl (C=O) groups is 1. The van der Waals surface area contributed by atoms with Gasteiger partial charge in [-0.2, -0.15) is 5.10 Å². The fraction of sp³-hybridized carbons (Fsp3) is 0.360. The molecule has 1 aliphatic heterocycles. The minimum absolute atomic E-state index is 0.191. The van der Waals surface area contributed by atoms with E-state index >= 15 is 0 Å². The Hall–Kier alpha value is -3.46. The van der Waals surface area contributed by atoms with Gasteiger partial charge in [0.05, 0.1) is 34.1 Å². The van der Waals surface area contributed by atoms with Crippen molar-refractivity contribution in [3.63, 3.8) is 0 Å². The number of aryl methyl sites for hydroxylation is 2. The van der Waals surface area contributed by atoms with E-state index in [1.165, 1.54) is 11.3 Å². The number of hydrogen-bond acceptors (Lipinski definition) is 7. The number of thiazole rings is 1. The normalized spacial score (nSPS) is 15.8. The van der Waals surface area contributed by atoms with Gasteiger partial charge in [-0.15, -0.1) is 0 Å². The molecule has 0 amide bonds. The molecule has 8 nitrogen and oxygen atoms in total. The monoisotopic (exact) mass is 479 g/mol. The zero-order chi connectivity index (χ0) is 24.6. The number of aromatic nitrogens is 3. The number of fused-ring (bicyclic) bond motifs is 1. The van der Waals surface area contributed by atoms with Crippen LogP contribution in [0.1, 0.15) is 43.6 Å². The Balaban J connectivity index is 1.93. The average molecular weight is 480 g/mol. The van der Waals surface area contributed by atoms with Gasteiger partial charge in [0.15, 0.2) is 4.80 Å². The molecule has 0 fully saturated rings. The lowest BCUT2D eigenvalue weighted by molar-refractivity contribution is -0.139. The number of ether oxygens (including phenoxy) is 1.